The molecule has 5 nitrogen and oxygen atoms in total. The van der Waals surface area contributed by atoms with Gasteiger partial charge < -0.3 is 14.6 Å². The Kier molecular flexibility index (Phi) is 4.98. The molecule has 20 heavy (non-hydrogen) atoms. The molecule has 1 saturated heterocycles. The van der Waals surface area contributed by atoms with Crippen LogP contribution in [0.15, 0.2) is 18.2 Å². The standard InChI is InChI=1S/C15H21NO4/c1-11-9-16(6-3-7-20-11)10-13-8-12(15(17)18)4-5-14(13)19-2/h4-5,8,11H,3,6-7,9-10H2,1-2H3,(H,17,18). The van der Waals surface area contributed by atoms with Gasteiger partial charge in [0.1, 0.15) is 5.75 Å². The minimum Gasteiger partial charge on any atom is -0.496 e. The van der Waals surface area contributed by atoms with Crippen LogP contribution >= 0.6 is 0 Å². The number of benzene rings is 1. The first kappa shape index (κ1) is 14.8. The summed E-state index contributed by atoms with van der Waals surface area (Å²) < 4.78 is 11.0. The maximum absolute atomic E-state index is 11.1. The number of carboxylic acid groups (broad SMARTS) is 1. The lowest BCUT2D eigenvalue weighted by Gasteiger charge is -2.23. The summed E-state index contributed by atoms with van der Waals surface area (Å²) in [7, 11) is 1.60. The van der Waals surface area contributed by atoms with E-state index in [0.29, 0.717) is 12.1 Å². The van der Waals surface area contributed by atoms with E-state index < -0.39 is 5.97 Å². The van der Waals surface area contributed by atoms with Gasteiger partial charge in [-0.2, -0.15) is 0 Å². The third-order valence-electron chi connectivity index (χ3n) is 3.46. The molecular weight excluding hydrogens is 258 g/mol. The Morgan fingerprint density at radius 3 is 3.05 bits per heavy atom. The van der Waals surface area contributed by atoms with Gasteiger partial charge in [-0.1, -0.05) is 0 Å². The van der Waals surface area contributed by atoms with Crippen LogP contribution < -0.4 is 4.74 Å². The van der Waals surface area contributed by atoms with E-state index in [1.165, 1.54) is 0 Å². The highest BCUT2D eigenvalue weighted by Crippen LogP contribution is 2.22. The van der Waals surface area contributed by atoms with E-state index in [2.05, 4.69) is 11.8 Å². The van der Waals surface area contributed by atoms with E-state index >= 15 is 0 Å². The fourth-order valence-corrected chi connectivity index (χ4v) is 2.50. The van der Waals surface area contributed by atoms with E-state index in [4.69, 9.17) is 14.6 Å². The molecule has 0 radical (unpaired) electrons. The average Bonchev–Trinajstić information content (AvgIpc) is 2.63. The van der Waals surface area contributed by atoms with Crippen molar-refractivity contribution in [3.8, 4) is 5.75 Å². The van der Waals surface area contributed by atoms with Gasteiger partial charge in [-0.05, 0) is 31.5 Å². The Morgan fingerprint density at radius 1 is 1.55 bits per heavy atom. The van der Waals surface area contributed by atoms with Crippen LogP contribution in [0.2, 0.25) is 0 Å². The average molecular weight is 279 g/mol. The van der Waals surface area contributed by atoms with E-state index in [0.717, 1.165) is 37.4 Å². The fourth-order valence-electron chi connectivity index (χ4n) is 2.50. The summed E-state index contributed by atoms with van der Waals surface area (Å²) in [5, 5.41) is 9.09. The first-order chi connectivity index (χ1) is 9.60. The van der Waals surface area contributed by atoms with Crippen LogP contribution in [-0.2, 0) is 11.3 Å². The van der Waals surface area contributed by atoms with Gasteiger partial charge in [-0.3, -0.25) is 4.90 Å². The van der Waals surface area contributed by atoms with Crippen LogP contribution in [0, 0.1) is 0 Å². The highest BCUT2D eigenvalue weighted by Gasteiger charge is 2.17. The van der Waals surface area contributed by atoms with Crippen LogP contribution in [-0.4, -0.2) is 48.9 Å². The molecule has 2 rings (SSSR count). The van der Waals surface area contributed by atoms with Crippen molar-refractivity contribution in [2.75, 3.05) is 26.8 Å². The summed E-state index contributed by atoms with van der Waals surface area (Å²) in [4.78, 5) is 13.4. The number of aromatic carboxylic acids is 1. The van der Waals surface area contributed by atoms with Gasteiger partial charge in [-0.25, -0.2) is 4.79 Å². The molecule has 1 fully saturated rings. The van der Waals surface area contributed by atoms with E-state index in [1.54, 1.807) is 25.3 Å². The van der Waals surface area contributed by atoms with Gasteiger partial charge in [0, 0.05) is 31.8 Å². The molecule has 1 aliphatic heterocycles. The second-order valence-corrected chi connectivity index (χ2v) is 5.10. The van der Waals surface area contributed by atoms with E-state index in [9.17, 15) is 4.79 Å². The van der Waals surface area contributed by atoms with Crippen molar-refractivity contribution in [1.29, 1.82) is 0 Å². The lowest BCUT2D eigenvalue weighted by atomic mass is 10.1. The highest BCUT2D eigenvalue weighted by molar-refractivity contribution is 5.88. The molecule has 0 aromatic heterocycles. The molecule has 1 atom stereocenters. The summed E-state index contributed by atoms with van der Waals surface area (Å²) in [6.07, 6.45) is 1.19. The van der Waals surface area contributed by atoms with Crippen molar-refractivity contribution in [2.24, 2.45) is 0 Å². The molecule has 1 aromatic rings. The second kappa shape index (κ2) is 6.72. The lowest BCUT2D eigenvalue weighted by molar-refractivity contribution is 0.0664. The van der Waals surface area contributed by atoms with E-state index in [-0.39, 0.29) is 6.10 Å². The molecule has 0 bridgehead atoms. The zero-order chi connectivity index (χ0) is 14.5. The van der Waals surface area contributed by atoms with Gasteiger partial charge in [0.2, 0.25) is 0 Å². The molecule has 1 N–H and O–H groups in total. The SMILES string of the molecule is COc1ccc(C(=O)O)cc1CN1CCCOC(C)C1. The molecule has 1 aliphatic rings. The minimum atomic E-state index is -0.915. The van der Waals surface area contributed by atoms with Gasteiger partial charge in [-0.15, -0.1) is 0 Å². The topological polar surface area (TPSA) is 59.0 Å². The highest BCUT2D eigenvalue weighted by atomic mass is 16.5. The Hall–Kier alpha value is -1.59. The largest absolute Gasteiger partial charge is 0.496 e. The number of carboxylic acids is 1. The maximum atomic E-state index is 11.1. The normalized spacial score (nSPS) is 20.4. The maximum Gasteiger partial charge on any atom is 0.335 e. The first-order valence-corrected chi connectivity index (χ1v) is 6.84. The predicted octanol–water partition coefficient (Wildman–Crippen LogP) is 2.00. The zero-order valence-corrected chi connectivity index (χ0v) is 12.0. The number of rotatable bonds is 4. The summed E-state index contributed by atoms with van der Waals surface area (Å²) in [5.74, 6) is -0.186. The summed E-state index contributed by atoms with van der Waals surface area (Å²) in [5.41, 5.74) is 1.20. The predicted molar refractivity (Wildman–Crippen MR) is 75.3 cm³/mol. The molecular formula is C15H21NO4. The van der Waals surface area contributed by atoms with Crippen LogP contribution in [0.25, 0.3) is 0 Å². The van der Waals surface area contributed by atoms with Crippen molar-refractivity contribution in [3.05, 3.63) is 29.3 Å². The van der Waals surface area contributed by atoms with Crippen molar-refractivity contribution >= 4 is 5.97 Å². The van der Waals surface area contributed by atoms with Gasteiger partial charge in [0.15, 0.2) is 0 Å². The molecule has 5 heteroatoms. The molecule has 110 valence electrons. The van der Waals surface area contributed by atoms with Gasteiger partial charge >= 0.3 is 5.97 Å². The number of hydrogen-bond acceptors (Lipinski definition) is 4. The van der Waals surface area contributed by atoms with Crippen molar-refractivity contribution in [3.63, 3.8) is 0 Å². The number of ether oxygens (including phenoxy) is 2. The monoisotopic (exact) mass is 279 g/mol. The van der Waals surface area contributed by atoms with E-state index in [1.807, 2.05) is 0 Å². The summed E-state index contributed by atoms with van der Waals surface area (Å²) in [6.45, 7) is 5.32. The third kappa shape index (κ3) is 3.71. The number of hydrogen-bond donors (Lipinski definition) is 1. The Morgan fingerprint density at radius 2 is 2.35 bits per heavy atom. The molecule has 1 unspecified atom stereocenters. The fraction of sp³-hybridized carbons (Fsp3) is 0.533. The minimum absolute atomic E-state index is 0.200. The number of methoxy groups -OCH3 is 1. The Bertz CT molecular complexity index is 475. The Balaban J connectivity index is 2.17. The third-order valence-corrected chi connectivity index (χ3v) is 3.46. The molecule has 1 aromatic carbocycles. The zero-order valence-electron chi connectivity index (χ0n) is 12.0. The van der Waals surface area contributed by atoms with Crippen LogP contribution in [0.3, 0.4) is 0 Å². The van der Waals surface area contributed by atoms with Crippen LogP contribution in [0.4, 0.5) is 0 Å². The molecule has 1 heterocycles. The Labute approximate surface area is 119 Å². The van der Waals surface area contributed by atoms with Crippen LogP contribution in [0.5, 0.6) is 5.75 Å². The smallest absolute Gasteiger partial charge is 0.335 e. The van der Waals surface area contributed by atoms with Crippen molar-refractivity contribution < 1.29 is 19.4 Å². The molecule has 0 amide bonds. The number of nitrogens with zero attached hydrogens (tertiary/aromatic N) is 1. The first-order valence-electron chi connectivity index (χ1n) is 6.84. The lowest BCUT2D eigenvalue weighted by Crippen LogP contribution is -2.30. The molecule has 0 saturated carbocycles. The second-order valence-electron chi connectivity index (χ2n) is 5.10. The number of carbonyl (C=O) groups is 1. The molecule has 0 spiro atoms. The quantitative estimate of drug-likeness (QED) is 0.913. The van der Waals surface area contributed by atoms with Gasteiger partial charge in [0.25, 0.3) is 0 Å². The molecule has 0 aliphatic carbocycles. The van der Waals surface area contributed by atoms with Gasteiger partial charge in [0.05, 0.1) is 18.8 Å². The van der Waals surface area contributed by atoms with Crippen molar-refractivity contribution in [2.45, 2.75) is 26.0 Å². The summed E-state index contributed by atoms with van der Waals surface area (Å²) >= 11 is 0. The van der Waals surface area contributed by atoms with Crippen molar-refractivity contribution in [1.82, 2.24) is 4.90 Å². The van der Waals surface area contributed by atoms with Crippen LogP contribution in [0.1, 0.15) is 29.3 Å². The summed E-state index contributed by atoms with van der Waals surface area (Å²) in [6, 6.07) is 4.98.